The van der Waals surface area contributed by atoms with Gasteiger partial charge < -0.3 is 10.2 Å². The molecule has 11 heteroatoms. The first-order chi connectivity index (χ1) is 8.81. The van der Waals surface area contributed by atoms with Crippen LogP contribution in [0.4, 0.5) is 18.0 Å². The molecule has 0 bridgehead atoms. The summed E-state index contributed by atoms with van der Waals surface area (Å²) >= 11 is 4.74. The number of carbonyl (C=O) groups excluding carboxylic acids is 1. The molecule has 2 aliphatic rings. The van der Waals surface area contributed by atoms with Crippen LogP contribution < -0.4 is 0 Å². The molecular formula is C9H11F3I2N3OPtV-. The van der Waals surface area contributed by atoms with Crippen molar-refractivity contribution in [3.05, 3.63) is 17.6 Å². The van der Waals surface area contributed by atoms with Crippen LogP contribution in [0.1, 0.15) is 0 Å². The van der Waals surface area contributed by atoms with Gasteiger partial charge in [-0.15, -0.1) is 13.1 Å². The zero-order valence-electron chi connectivity index (χ0n) is 10.0. The number of nitrogens with zero attached hydrogens (tertiary/aromatic N) is 3. The Hall–Kier alpha value is 1.49. The van der Waals surface area contributed by atoms with E-state index in [9.17, 15) is 18.0 Å². The molecule has 0 aromatic heterocycles. The van der Waals surface area contributed by atoms with Crippen LogP contribution in [0.5, 0.6) is 0 Å². The normalized spacial score (nSPS) is 21.8. The number of rotatable bonds is 1. The van der Waals surface area contributed by atoms with E-state index in [0.717, 1.165) is 0 Å². The Bertz CT molecular complexity index is 338. The predicted octanol–water partition coefficient (Wildman–Crippen LogP) is 3.32. The van der Waals surface area contributed by atoms with E-state index in [0.29, 0.717) is 34.0 Å². The van der Waals surface area contributed by atoms with Gasteiger partial charge in [-0.05, 0) is 0 Å². The number of amides is 2. The van der Waals surface area contributed by atoms with Crippen molar-refractivity contribution < 1.29 is 48.5 Å². The third-order valence-electron chi connectivity index (χ3n) is 2.72. The van der Waals surface area contributed by atoms with Gasteiger partial charge in [0.05, 0.1) is 6.04 Å². The maximum absolute atomic E-state index is 12.3. The van der Waals surface area contributed by atoms with Gasteiger partial charge in [0.1, 0.15) is 6.54 Å². The standard InChI is InChI=1S/C9H11F3N3O.2HI.Pt.V/c1-6-7-4-13-2-3-14(7)8(16)15(6)5-9(10,11)12;;;;/h7H,1-5H2;2*1H;;/q-1;;;;+2/p-2. The van der Waals surface area contributed by atoms with Gasteiger partial charge in [-0.25, -0.2) is 4.79 Å². The summed E-state index contributed by atoms with van der Waals surface area (Å²) < 4.78 is 36.8. The van der Waals surface area contributed by atoms with Gasteiger partial charge >= 0.3 is 61.6 Å². The summed E-state index contributed by atoms with van der Waals surface area (Å²) in [5.41, 5.74) is 0.200. The van der Waals surface area contributed by atoms with Crippen LogP contribution in [0.15, 0.2) is 12.3 Å². The largest absolute Gasteiger partial charge is 0 e. The van der Waals surface area contributed by atoms with E-state index >= 15 is 0 Å². The zero-order valence-corrected chi connectivity index (χ0v) is 18.0. The van der Waals surface area contributed by atoms with E-state index in [1.54, 1.807) is 0 Å². The minimum atomic E-state index is -4.40. The van der Waals surface area contributed by atoms with Gasteiger partial charge in [-0.2, -0.15) is 13.2 Å². The van der Waals surface area contributed by atoms with Crippen molar-refractivity contribution in [2.45, 2.75) is 12.2 Å². The summed E-state index contributed by atoms with van der Waals surface area (Å²) in [6, 6.07) is -0.995. The molecule has 2 rings (SSSR count). The minimum absolute atomic E-state index is 0. The van der Waals surface area contributed by atoms with Crippen molar-refractivity contribution >= 4 is 46.0 Å². The maximum Gasteiger partial charge on any atom is 0 e. The van der Waals surface area contributed by atoms with Crippen LogP contribution in [0.3, 0.4) is 0 Å². The molecule has 20 heavy (non-hydrogen) atoms. The molecule has 0 aromatic carbocycles. The first kappa shape index (κ1) is 21.5. The molecule has 0 N–H and O–H groups in total. The number of carbonyl (C=O) groups is 1. The molecular weight excluding hydrogens is 723 g/mol. The molecule has 0 saturated carbocycles. The molecule has 0 radical (unpaired) electrons. The van der Waals surface area contributed by atoms with E-state index in [4.69, 9.17) is 0 Å². The van der Waals surface area contributed by atoms with Crippen LogP contribution in [-0.4, -0.2) is 54.2 Å². The summed E-state index contributed by atoms with van der Waals surface area (Å²) in [6.07, 6.45) is -4.40. The third-order valence-corrected chi connectivity index (χ3v) is 2.72. The summed E-state index contributed by atoms with van der Waals surface area (Å²) in [7, 11) is 0.628. The van der Waals surface area contributed by atoms with Crippen LogP contribution >= 0.6 is 40.0 Å². The fourth-order valence-corrected chi connectivity index (χ4v) is 1.97. The SMILES string of the molecule is C=C1C2C[N-]CCN2C(=O)N1CC(F)(F)F.[I][V][I].[Pt]. The minimum Gasteiger partial charge on any atom is 0 e. The number of urea groups is 1. The Balaban J connectivity index is 0.000000830. The first-order valence-electron chi connectivity index (χ1n) is 5.21. The van der Waals surface area contributed by atoms with E-state index in [2.05, 4.69) is 51.9 Å². The summed E-state index contributed by atoms with van der Waals surface area (Å²) in [4.78, 5) is 13.8. The number of hydrogen-bond acceptors (Lipinski definition) is 1. The number of piperazine rings is 1. The Labute approximate surface area is 158 Å². The Morgan fingerprint density at radius 1 is 1.45 bits per heavy atom. The van der Waals surface area contributed by atoms with Gasteiger partial charge in [-0.1, -0.05) is 6.58 Å². The van der Waals surface area contributed by atoms with Gasteiger partial charge in [-0.3, -0.25) is 4.90 Å². The molecule has 2 heterocycles. The molecule has 119 valence electrons. The second-order valence-electron chi connectivity index (χ2n) is 3.88. The van der Waals surface area contributed by atoms with Crippen molar-refractivity contribution in [1.29, 1.82) is 0 Å². The molecule has 4 nitrogen and oxygen atoms in total. The molecule has 0 aliphatic carbocycles. The molecule has 2 saturated heterocycles. The summed E-state index contributed by atoms with van der Waals surface area (Å²) in [5.74, 6) is 0. The maximum atomic E-state index is 12.3. The number of halogens is 5. The summed E-state index contributed by atoms with van der Waals surface area (Å²) in [6.45, 7) is 3.49. The average Bonchev–Trinajstić information content (AvgIpc) is 2.55. The van der Waals surface area contributed by atoms with E-state index in [-0.39, 0.29) is 32.8 Å². The van der Waals surface area contributed by atoms with E-state index in [1.165, 1.54) is 4.90 Å². The molecule has 2 aliphatic heterocycles. The molecule has 2 fully saturated rings. The van der Waals surface area contributed by atoms with Gasteiger partial charge in [0.15, 0.2) is 0 Å². The Kier molecular flexibility index (Phi) is 10.3. The van der Waals surface area contributed by atoms with E-state index in [1.807, 2.05) is 0 Å². The van der Waals surface area contributed by atoms with Gasteiger partial charge in [0.2, 0.25) is 0 Å². The monoisotopic (exact) mass is 734 g/mol. The molecule has 2 amide bonds. The van der Waals surface area contributed by atoms with Gasteiger partial charge in [0.25, 0.3) is 0 Å². The fraction of sp³-hybridized carbons (Fsp3) is 0.667. The van der Waals surface area contributed by atoms with E-state index < -0.39 is 18.8 Å². The number of alkyl halides is 3. The average molecular weight is 734 g/mol. The Morgan fingerprint density at radius 3 is 2.45 bits per heavy atom. The topological polar surface area (TPSA) is 37.7 Å². The van der Waals surface area contributed by atoms with Crippen molar-refractivity contribution in [1.82, 2.24) is 9.80 Å². The quantitative estimate of drug-likeness (QED) is 0.382. The summed E-state index contributed by atoms with van der Waals surface area (Å²) in [5, 5.41) is 4.07. The zero-order chi connectivity index (χ0) is 14.6. The predicted molar refractivity (Wildman–Crippen MR) is 78.9 cm³/mol. The first-order valence-corrected chi connectivity index (χ1v) is 14.2. The van der Waals surface area contributed by atoms with Crippen molar-refractivity contribution in [2.75, 3.05) is 26.2 Å². The van der Waals surface area contributed by atoms with Crippen molar-refractivity contribution in [3.63, 3.8) is 0 Å². The van der Waals surface area contributed by atoms with Crippen molar-refractivity contribution in [2.24, 2.45) is 0 Å². The number of hydrogen-bond donors (Lipinski definition) is 0. The molecule has 0 spiro atoms. The molecule has 1 atom stereocenters. The fourth-order valence-electron chi connectivity index (χ4n) is 1.97. The van der Waals surface area contributed by atoms with Crippen LogP contribution in [-0.2, 0) is 30.5 Å². The second-order valence-corrected chi connectivity index (χ2v) is 15.7. The van der Waals surface area contributed by atoms with Crippen LogP contribution in [0, 0.1) is 0 Å². The van der Waals surface area contributed by atoms with Crippen LogP contribution in [0.2, 0.25) is 0 Å². The molecule has 1 unspecified atom stereocenters. The smallest absolute Gasteiger partial charge is 0 e. The second kappa shape index (κ2) is 9.59. The Morgan fingerprint density at radius 2 is 2.00 bits per heavy atom. The van der Waals surface area contributed by atoms with Crippen LogP contribution in [0.25, 0.3) is 5.32 Å². The third kappa shape index (κ3) is 5.94. The molecule has 0 aromatic rings. The van der Waals surface area contributed by atoms with Gasteiger partial charge in [0, 0.05) is 33.3 Å². The van der Waals surface area contributed by atoms with Crippen molar-refractivity contribution in [3.8, 4) is 0 Å². The number of fused-ring (bicyclic) bond motifs is 1.